The fourth-order valence-corrected chi connectivity index (χ4v) is 6.28. The highest BCUT2D eigenvalue weighted by Gasteiger charge is 2.32. The summed E-state index contributed by atoms with van der Waals surface area (Å²) in [7, 11) is 1.57. The number of aliphatic imine (C=N–C) groups is 1. The van der Waals surface area contributed by atoms with E-state index < -0.39 is 0 Å². The van der Waals surface area contributed by atoms with Crippen LogP contribution in [0.1, 0.15) is 75.5 Å². The molecule has 0 spiro atoms. The van der Waals surface area contributed by atoms with Crippen LogP contribution in [-0.2, 0) is 31.3 Å². The van der Waals surface area contributed by atoms with Gasteiger partial charge in [0, 0.05) is 42.8 Å². The number of carbonyl (C=O) groups excluding carboxylic acids is 1. The molecule has 2 atom stereocenters. The molecule has 0 bridgehead atoms. The number of ether oxygens (including phenoxy) is 3. The second-order valence-corrected chi connectivity index (χ2v) is 11.7. The van der Waals surface area contributed by atoms with Crippen LogP contribution in [0.15, 0.2) is 52.6 Å². The van der Waals surface area contributed by atoms with E-state index in [1.54, 1.807) is 31.4 Å². The summed E-state index contributed by atoms with van der Waals surface area (Å²) in [5.74, 6) is 1.51. The molecule has 0 saturated carbocycles. The van der Waals surface area contributed by atoms with Gasteiger partial charge in [0.05, 0.1) is 69.8 Å². The van der Waals surface area contributed by atoms with Crippen molar-refractivity contribution in [3.8, 4) is 17.2 Å². The Bertz CT molecular complexity index is 1660. The van der Waals surface area contributed by atoms with Crippen LogP contribution >= 0.6 is 0 Å². The number of carbonyl (C=O) groups is 1. The Balaban J connectivity index is 1.07. The maximum atomic E-state index is 13.1. The van der Waals surface area contributed by atoms with Gasteiger partial charge in [0.2, 0.25) is 0 Å². The van der Waals surface area contributed by atoms with E-state index in [0.717, 1.165) is 18.4 Å². The summed E-state index contributed by atoms with van der Waals surface area (Å²) >= 11 is 0. The molecule has 3 aromatic carbocycles. The maximum absolute atomic E-state index is 13.1. The highest BCUT2D eigenvalue weighted by atomic mass is 16.6. The average Bonchev–Trinajstić information content (AvgIpc) is 3.78. The van der Waals surface area contributed by atoms with Gasteiger partial charge < -0.3 is 44.4 Å². The number of fused-ring (bicyclic) bond motifs is 2. The Morgan fingerprint density at radius 2 is 1.64 bits per heavy atom. The first-order valence-corrected chi connectivity index (χ1v) is 15.7. The van der Waals surface area contributed by atoms with E-state index in [9.17, 15) is 25.2 Å². The fraction of sp³-hybridized carbons (Fsp3) is 0.400. The van der Waals surface area contributed by atoms with Gasteiger partial charge >= 0.3 is 0 Å². The summed E-state index contributed by atoms with van der Waals surface area (Å²) in [5.41, 5.74) is 5.32. The topological polar surface area (TPSA) is 163 Å². The Morgan fingerprint density at radius 1 is 0.894 bits per heavy atom. The van der Waals surface area contributed by atoms with Crippen molar-refractivity contribution in [1.29, 1.82) is 0 Å². The first-order valence-electron chi connectivity index (χ1n) is 15.7. The van der Waals surface area contributed by atoms with E-state index >= 15 is 0 Å². The normalized spacial score (nSPS) is 18.4. The van der Waals surface area contributed by atoms with E-state index in [1.807, 2.05) is 29.3 Å². The molecule has 0 aromatic heterocycles. The van der Waals surface area contributed by atoms with Gasteiger partial charge in [-0.1, -0.05) is 11.2 Å². The smallest absolute Gasteiger partial charge is 0.256 e. The minimum atomic E-state index is -0.384. The lowest BCUT2D eigenvalue weighted by Crippen LogP contribution is -2.35. The summed E-state index contributed by atoms with van der Waals surface area (Å²) < 4.78 is 17.6. The quantitative estimate of drug-likeness (QED) is 0.203. The molecule has 3 heterocycles. The minimum Gasteiger partial charge on any atom is -0.493 e. The highest BCUT2D eigenvalue weighted by molar-refractivity contribution is 6.03. The molecule has 1 amide bonds. The average molecular weight is 646 g/mol. The molecule has 4 N–H and O–H groups in total. The van der Waals surface area contributed by atoms with E-state index in [0.29, 0.717) is 94.6 Å². The first kappa shape index (κ1) is 32.5. The zero-order chi connectivity index (χ0) is 32.9. The van der Waals surface area contributed by atoms with Crippen molar-refractivity contribution in [2.75, 3.05) is 26.9 Å². The van der Waals surface area contributed by atoms with Gasteiger partial charge in [0.25, 0.3) is 5.91 Å². The molecule has 3 aliphatic rings. The van der Waals surface area contributed by atoms with E-state index in [1.165, 1.54) is 0 Å². The van der Waals surface area contributed by atoms with E-state index in [4.69, 9.17) is 19.0 Å². The number of oxime groups is 1. The molecule has 1 fully saturated rings. The SMILES string of the molecule is COc1ccc(C2CC(c3cc(CO)c(CO)c(CO)c3)=NO2)cc1OCCCOc1cc2c(cc1CO)C(=O)N1CCC[C@H]1C=N2. The number of amides is 1. The maximum Gasteiger partial charge on any atom is 0.256 e. The van der Waals surface area contributed by atoms with Gasteiger partial charge in [0.1, 0.15) is 5.75 Å². The molecule has 47 heavy (non-hydrogen) atoms. The predicted octanol–water partition coefficient (Wildman–Crippen LogP) is 3.70. The molecule has 0 aliphatic carbocycles. The number of aliphatic hydroxyl groups excluding tert-OH is 4. The lowest BCUT2D eigenvalue weighted by Gasteiger charge is -2.20. The lowest BCUT2D eigenvalue weighted by atomic mass is 9.94. The second-order valence-electron chi connectivity index (χ2n) is 11.7. The molecule has 12 nitrogen and oxygen atoms in total. The van der Waals surface area contributed by atoms with Crippen molar-refractivity contribution in [2.24, 2.45) is 10.1 Å². The van der Waals surface area contributed by atoms with Gasteiger partial charge in [-0.05, 0) is 65.4 Å². The zero-order valence-corrected chi connectivity index (χ0v) is 26.2. The van der Waals surface area contributed by atoms with Gasteiger partial charge in [-0.25, -0.2) is 0 Å². The van der Waals surface area contributed by atoms with Crippen molar-refractivity contribution >= 4 is 23.5 Å². The van der Waals surface area contributed by atoms with Gasteiger partial charge in [-0.2, -0.15) is 0 Å². The Kier molecular flexibility index (Phi) is 10.0. The van der Waals surface area contributed by atoms with Crippen molar-refractivity contribution in [2.45, 2.75) is 64.3 Å². The molecular formula is C35H39N3O9. The van der Waals surface area contributed by atoms with E-state index in [-0.39, 0.29) is 44.5 Å². The number of hydrogen-bond acceptors (Lipinski definition) is 11. The van der Waals surface area contributed by atoms with Crippen molar-refractivity contribution in [1.82, 2.24) is 4.90 Å². The highest BCUT2D eigenvalue weighted by Crippen LogP contribution is 2.37. The Labute approximate surface area is 272 Å². The van der Waals surface area contributed by atoms with Crippen molar-refractivity contribution in [3.63, 3.8) is 0 Å². The number of aliphatic hydroxyl groups is 4. The summed E-state index contributed by atoms with van der Waals surface area (Å²) in [6.07, 6.45) is 4.28. The van der Waals surface area contributed by atoms with Gasteiger partial charge in [0.15, 0.2) is 17.6 Å². The summed E-state index contributed by atoms with van der Waals surface area (Å²) in [6, 6.07) is 12.5. The largest absolute Gasteiger partial charge is 0.493 e. The summed E-state index contributed by atoms with van der Waals surface area (Å²) in [5, 5.41) is 43.6. The van der Waals surface area contributed by atoms with Gasteiger partial charge in [-0.3, -0.25) is 9.79 Å². The first-order chi connectivity index (χ1) is 23.0. The van der Waals surface area contributed by atoms with E-state index in [2.05, 4.69) is 10.1 Å². The standard InChI is InChI=1S/C35H39N3O9/c1-44-31-6-5-21(33-14-29(37-47-33)22-10-23(17-39)28(20-42)24(11-22)18-40)13-34(31)46-9-3-8-45-32-15-30-27(12-25(32)19-41)35(43)38-7-2-4-26(38)16-36-30/h5-6,10-13,15-16,26,33,39-42H,2-4,7-9,14,17-20H2,1H3/t26-,33?/m0/s1. The molecule has 248 valence electrons. The molecule has 12 heteroatoms. The van der Waals surface area contributed by atoms with Crippen LogP contribution in [0, 0.1) is 0 Å². The number of hydrogen-bond donors (Lipinski definition) is 4. The molecule has 0 radical (unpaired) electrons. The predicted molar refractivity (Wildman–Crippen MR) is 172 cm³/mol. The molecule has 3 aromatic rings. The van der Waals surface area contributed by atoms with Crippen molar-refractivity contribution in [3.05, 3.63) is 81.4 Å². The molecule has 3 aliphatic heterocycles. The van der Waals surface area contributed by atoms with Crippen LogP contribution in [0.3, 0.4) is 0 Å². The van der Waals surface area contributed by atoms with Crippen LogP contribution in [-0.4, -0.2) is 76.1 Å². The third-order valence-corrected chi connectivity index (χ3v) is 8.82. The number of rotatable bonds is 13. The Morgan fingerprint density at radius 3 is 2.34 bits per heavy atom. The third kappa shape index (κ3) is 6.68. The number of methoxy groups -OCH3 is 1. The van der Waals surface area contributed by atoms with Gasteiger partial charge in [-0.15, -0.1) is 0 Å². The summed E-state index contributed by atoms with van der Waals surface area (Å²) in [6.45, 7) is 0.238. The third-order valence-electron chi connectivity index (χ3n) is 8.82. The van der Waals surface area contributed by atoms with Crippen LogP contribution in [0.2, 0.25) is 0 Å². The van der Waals surface area contributed by atoms with Crippen LogP contribution in [0.5, 0.6) is 17.2 Å². The monoisotopic (exact) mass is 645 g/mol. The molecular weight excluding hydrogens is 606 g/mol. The summed E-state index contributed by atoms with van der Waals surface area (Å²) in [4.78, 5) is 25.3. The minimum absolute atomic E-state index is 0.00392. The lowest BCUT2D eigenvalue weighted by molar-refractivity contribution is 0.0774. The number of nitrogens with zero attached hydrogens (tertiary/aromatic N) is 3. The van der Waals surface area contributed by atoms with Crippen LogP contribution in [0.4, 0.5) is 5.69 Å². The van der Waals surface area contributed by atoms with Crippen molar-refractivity contribution < 1.29 is 44.3 Å². The molecule has 1 saturated heterocycles. The van der Waals surface area contributed by atoms with Crippen LogP contribution in [0.25, 0.3) is 0 Å². The van der Waals surface area contributed by atoms with Crippen LogP contribution < -0.4 is 14.2 Å². The molecule has 6 rings (SSSR count). The Hall–Kier alpha value is -4.49. The number of benzene rings is 3. The fourth-order valence-electron chi connectivity index (χ4n) is 6.28. The second kappa shape index (κ2) is 14.5. The zero-order valence-electron chi connectivity index (χ0n) is 26.2. The molecule has 1 unspecified atom stereocenters.